The first-order chi connectivity index (χ1) is 12.3. The molecule has 0 aliphatic rings. The Morgan fingerprint density at radius 2 is 1.77 bits per heavy atom. The predicted molar refractivity (Wildman–Crippen MR) is 104 cm³/mol. The van der Waals surface area contributed by atoms with Crippen LogP contribution in [-0.2, 0) is 16.6 Å². The van der Waals surface area contributed by atoms with Gasteiger partial charge >= 0.3 is 0 Å². The molecule has 0 fully saturated rings. The summed E-state index contributed by atoms with van der Waals surface area (Å²) in [5, 5.41) is 3.01. The largest absolute Gasteiger partial charge is 0.348 e. The van der Waals surface area contributed by atoms with Gasteiger partial charge in [0.25, 0.3) is 5.91 Å². The Bertz CT molecular complexity index is 893. The van der Waals surface area contributed by atoms with E-state index in [1.54, 1.807) is 13.8 Å². The van der Waals surface area contributed by atoms with Gasteiger partial charge in [-0.3, -0.25) is 4.79 Å². The van der Waals surface area contributed by atoms with Crippen molar-refractivity contribution in [1.82, 2.24) is 9.62 Å². The molecule has 0 spiro atoms. The molecule has 0 heterocycles. The predicted octanol–water partition coefficient (Wildman–Crippen LogP) is 3.61. The molecule has 1 amide bonds. The zero-order valence-corrected chi connectivity index (χ0v) is 16.7. The highest BCUT2D eigenvalue weighted by Crippen LogP contribution is 2.23. The Labute approximate surface area is 160 Å². The van der Waals surface area contributed by atoms with E-state index < -0.39 is 15.9 Å². The summed E-state index contributed by atoms with van der Waals surface area (Å²) in [6.07, 6.45) is 0. The molecule has 5 nitrogen and oxygen atoms in total. The van der Waals surface area contributed by atoms with Crippen molar-refractivity contribution in [2.45, 2.75) is 32.2 Å². The molecule has 0 aliphatic carbocycles. The summed E-state index contributed by atoms with van der Waals surface area (Å²) in [6, 6.07) is 11.9. The van der Waals surface area contributed by atoms with Crippen LogP contribution < -0.4 is 5.32 Å². The third-order valence-corrected chi connectivity index (χ3v) is 6.60. The second-order valence-corrected chi connectivity index (χ2v) is 8.19. The molecular weight excluding hydrogens is 372 g/mol. The number of halogens is 1. The van der Waals surface area contributed by atoms with E-state index in [0.717, 1.165) is 11.1 Å². The fourth-order valence-electron chi connectivity index (χ4n) is 2.63. The van der Waals surface area contributed by atoms with Gasteiger partial charge in [-0.2, -0.15) is 4.31 Å². The first-order valence-electron chi connectivity index (χ1n) is 8.43. The summed E-state index contributed by atoms with van der Waals surface area (Å²) in [5.41, 5.74) is 2.20. The Balaban J connectivity index is 2.26. The highest BCUT2D eigenvalue weighted by Gasteiger charge is 2.23. The molecule has 0 unspecified atom stereocenters. The maximum atomic E-state index is 12.7. The van der Waals surface area contributed by atoms with E-state index in [4.69, 9.17) is 11.6 Å². The van der Waals surface area contributed by atoms with Crippen molar-refractivity contribution in [1.29, 1.82) is 0 Å². The normalized spacial score (nSPS) is 11.6. The number of sulfonamides is 1. The summed E-state index contributed by atoms with van der Waals surface area (Å²) in [7, 11) is -3.65. The van der Waals surface area contributed by atoms with Crippen LogP contribution in [0.2, 0.25) is 5.02 Å². The van der Waals surface area contributed by atoms with Crippen LogP contribution in [0.1, 0.15) is 35.3 Å². The SMILES string of the molecule is CCN(CC)S(=O)(=O)c1ccc(Cl)c(C(=O)NCc2ccccc2C)c1. The van der Waals surface area contributed by atoms with Crippen LogP contribution in [0.4, 0.5) is 0 Å². The minimum Gasteiger partial charge on any atom is -0.348 e. The van der Waals surface area contributed by atoms with Gasteiger partial charge in [-0.15, -0.1) is 0 Å². The van der Waals surface area contributed by atoms with E-state index in [1.807, 2.05) is 31.2 Å². The fraction of sp³-hybridized carbons (Fsp3) is 0.316. The maximum absolute atomic E-state index is 12.7. The van der Waals surface area contributed by atoms with Crippen molar-refractivity contribution in [3.8, 4) is 0 Å². The van der Waals surface area contributed by atoms with E-state index in [2.05, 4.69) is 5.32 Å². The molecule has 26 heavy (non-hydrogen) atoms. The average molecular weight is 395 g/mol. The van der Waals surface area contributed by atoms with Gasteiger partial charge in [-0.25, -0.2) is 8.42 Å². The Morgan fingerprint density at radius 1 is 1.12 bits per heavy atom. The molecule has 2 aromatic rings. The van der Waals surface area contributed by atoms with Gasteiger partial charge in [0.1, 0.15) is 0 Å². The summed E-state index contributed by atoms with van der Waals surface area (Å²) in [6.45, 7) is 6.56. The lowest BCUT2D eigenvalue weighted by Crippen LogP contribution is -2.31. The number of rotatable bonds is 7. The molecule has 0 radical (unpaired) electrons. The fourth-order valence-corrected chi connectivity index (χ4v) is 4.32. The molecule has 0 saturated carbocycles. The average Bonchev–Trinajstić information content (AvgIpc) is 2.61. The number of nitrogens with one attached hydrogen (secondary N) is 1. The lowest BCUT2D eigenvalue weighted by molar-refractivity contribution is 0.0951. The van der Waals surface area contributed by atoms with Crippen LogP contribution in [0.3, 0.4) is 0 Å². The molecule has 2 aromatic carbocycles. The number of carbonyl (C=O) groups is 1. The van der Waals surface area contributed by atoms with Crippen LogP contribution in [0.25, 0.3) is 0 Å². The zero-order valence-electron chi connectivity index (χ0n) is 15.1. The van der Waals surface area contributed by atoms with Crippen molar-refractivity contribution < 1.29 is 13.2 Å². The highest BCUT2D eigenvalue weighted by molar-refractivity contribution is 7.89. The monoisotopic (exact) mass is 394 g/mol. The lowest BCUT2D eigenvalue weighted by atomic mass is 10.1. The van der Waals surface area contributed by atoms with Crippen molar-refractivity contribution in [2.24, 2.45) is 0 Å². The van der Waals surface area contributed by atoms with E-state index in [-0.39, 0.29) is 15.5 Å². The summed E-state index contributed by atoms with van der Waals surface area (Å²) < 4.78 is 26.6. The Hall–Kier alpha value is -1.89. The summed E-state index contributed by atoms with van der Waals surface area (Å²) in [4.78, 5) is 12.6. The van der Waals surface area contributed by atoms with Crippen LogP contribution in [-0.4, -0.2) is 31.7 Å². The van der Waals surface area contributed by atoms with Crippen molar-refractivity contribution >= 4 is 27.5 Å². The molecule has 140 valence electrons. The number of nitrogens with zero attached hydrogens (tertiary/aromatic N) is 1. The molecule has 0 aliphatic heterocycles. The Kier molecular flexibility index (Phi) is 6.81. The van der Waals surface area contributed by atoms with Gasteiger partial charge in [0.15, 0.2) is 0 Å². The summed E-state index contributed by atoms with van der Waals surface area (Å²) >= 11 is 6.13. The molecule has 0 aromatic heterocycles. The van der Waals surface area contributed by atoms with Gasteiger partial charge in [0.2, 0.25) is 10.0 Å². The minimum absolute atomic E-state index is 0.0617. The number of aryl methyl sites for hydroxylation is 1. The van der Waals surface area contributed by atoms with E-state index >= 15 is 0 Å². The van der Waals surface area contributed by atoms with Gasteiger partial charge in [0, 0.05) is 19.6 Å². The molecule has 0 bridgehead atoms. The number of amides is 1. The van der Waals surface area contributed by atoms with Crippen molar-refractivity contribution in [2.75, 3.05) is 13.1 Å². The first-order valence-corrected chi connectivity index (χ1v) is 10.3. The number of hydrogen-bond acceptors (Lipinski definition) is 3. The maximum Gasteiger partial charge on any atom is 0.253 e. The van der Waals surface area contributed by atoms with Crippen molar-refractivity contribution in [3.63, 3.8) is 0 Å². The first kappa shape index (κ1) is 20.4. The van der Waals surface area contributed by atoms with Crippen LogP contribution in [0.15, 0.2) is 47.4 Å². The molecule has 2 rings (SSSR count). The number of benzene rings is 2. The number of carbonyl (C=O) groups excluding carboxylic acids is 1. The van der Waals surface area contributed by atoms with Crippen molar-refractivity contribution in [3.05, 3.63) is 64.2 Å². The van der Waals surface area contributed by atoms with Gasteiger partial charge in [0.05, 0.1) is 15.5 Å². The van der Waals surface area contributed by atoms with Crippen LogP contribution in [0.5, 0.6) is 0 Å². The minimum atomic E-state index is -3.65. The molecule has 0 atom stereocenters. The molecule has 0 saturated heterocycles. The van der Waals surface area contributed by atoms with Gasteiger partial charge in [-0.1, -0.05) is 49.7 Å². The van der Waals surface area contributed by atoms with Crippen LogP contribution in [0, 0.1) is 6.92 Å². The van der Waals surface area contributed by atoms with Gasteiger partial charge in [-0.05, 0) is 36.2 Å². The van der Waals surface area contributed by atoms with Gasteiger partial charge < -0.3 is 5.32 Å². The third-order valence-electron chi connectivity index (χ3n) is 4.23. The van der Waals surface area contributed by atoms with E-state index in [1.165, 1.54) is 22.5 Å². The second-order valence-electron chi connectivity index (χ2n) is 5.84. The third kappa shape index (κ3) is 4.44. The molecular formula is C19H23ClN2O3S. The molecule has 7 heteroatoms. The van der Waals surface area contributed by atoms with E-state index in [0.29, 0.717) is 19.6 Å². The quantitative estimate of drug-likeness (QED) is 0.780. The lowest BCUT2D eigenvalue weighted by Gasteiger charge is -2.19. The molecule has 1 N–H and O–H groups in total. The Morgan fingerprint density at radius 3 is 2.38 bits per heavy atom. The van der Waals surface area contributed by atoms with Crippen LogP contribution >= 0.6 is 11.6 Å². The standard InChI is InChI=1S/C19H23ClN2O3S/c1-4-22(5-2)26(24,25)16-10-11-18(20)17(12-16)19(23)21-13-15-9-7-6-8-14(15)3/h6-12H,4-5,13H2,1-3H3,(H,21,23). The summed E-state index contributed by atoms with van der Waals surface area (Å²) in [5.74, 6) is -0.408. The van der Waals surface area contributed by atoms with E-state index in [9.17, 15) is 13.2 Å². The topological polar surface area (TPSA) is 66.5 Å². The second kappa shape index (κ2) is 8.66. The smallest absolute Gasteiger partial charge is 0.253 e. The number of hydrogen-bond donors (Lipinski definition) is 1. The highest BCUT2D eigenvalue weighted by atomic mass is 35.5. The zero-order chi connectivity index (χ0) is 19.3.